The van der Waals surface area contributed by atoms with Gasteiger partial charge in [-0.1, -0.05) is 13.0 Å². The fourth-order valence-corrected chi connectivity index (χ4v) is 2.25. The van der Waals surface area contributed by atoms with Crippen molar-refractivity contribution in [2.24, 2.45) is 0 Å². The molecule has 0 aromatic heterocycles. The van der Waals surface area contributed by atoms with Gasteiger partial charge in [0.2, 0.25) is 6.79 Å². The predicted molar refractivity (Wildman–Crippen MR) is 78.0 cm³/mol. The molecule has 0 fully saturated rings. The first-order valence-corrected chi connectivity index (χ1v) is 7.80. The summed E-state index contributed by atoms with van der Waals surface area (Å²) in [4.78, 5) is 0. The predicted octanol–water partition coefficient (Wildman–Crippen LogP) is 2.18. The van der Waals surface area contributed by atoms with Crippen LogP contribution in [-0.4, -0.2) is 36.5 Å². The van der Waals surface area contributed by atoms with Gasteiger partial charge in [-0.05, 0) is 36.9 Å². The number of fused-ring (bicyclic) bond motifs is 1. The van der Waals surface area contributed by atoms with E-state index in [0.29, 0.717) is 17.5 Å². The van der Waals surface area contributed by atoms with Crippen LogP contribution in [-0.2, 0) is 0 Å². The third-order valence-electron chi connectivity index (χ3n) is 3.25. The Morgan fingerprint density at radius 1 is 1.37 bits per heavy atom. The van der Waals surface area contributed by atoms with Crippen LogP contribution >= 0.6 is 11.8 Å². The number of nitrogens with one attached hydrogen (secondary N) is 1. The van der Waals surface area contributed by atoms with Gasteiger partial charge in [0.1, 0.15) is 0 Å². The highest BCUT2D eigenvalue weighted by atomic mass is 32.2. The second-order valence-corrected chi connectivity index (χ2v) is 5.94. The molecule has 1 aliphatic rings. The molecule has 106 valence electrons. The number of benzene rings is 1. The summed E-state index contributed by atoms with van der Waals surface area (Å²) in [5.41, 5.74) is 0.856. The quantitative estimate of drug-likeness (QED) is 0.751. The highest BCUT2D eigenvalue weighted by Crippen LogP contribution is 2.34. The topological polar surface area (TPSA) is 50.7 Å². The lowest BCUT2D eigenvalue weighted by Gasteiger charge is -2.14. The SMILES string of the molecule is CSC(C)CCNCC(O)c1ccc2c(c1)OCO2. The van der Waals surface area contributed by atoms with Crippen LogP contribution in [0.1, 0.15) is 25.0 Å². The Labute approximate surface area is 118 Å². The minimum absolute atomic E-state index is 0.264. The number of aliphatic hydroxyl groups is 1. The molecule has 1 aromatic carbocycles. The molecule has 0 radical (unpaired) electrons. The minimum atomic E-state index is -0.515. The van der Waals surface area contributed by atoms with Crippen molar-refractivity contribution in [3.05, 3.63) is 23.8 Å². The van der Waals surface area contributed by atoms with E-state index in [0.717, 1.165) is 24.3 Å². The van der Waals surface area contributed by atoms with Gasteiger partial charge in [-0.25, -0.2) is 0 Å². The van der Waals surface area contributed by atoms with E-state index in [2.05, 4.69) is 18.5 Å². The van der Waals surface area contributed by atoms with Gasteiger partial charge in [0.15, 0.2) is 11.5 Å². The molecule has 2 rings (SSSR count). The van der Waals surface area contributed by atoms with Crippen molar-refractivity contribution in [3.63, 3.8) is 0 Å². The molecule has 1 aliphatic heterocycles. The zero-order chi connectivity index (χ0) is 13.7. The summed E-state index contributed by atoms with van der Waals surface area (Å²) in [5, 5.41) is 14.0. The number of thioether (sulfide) groups is 1. The Balaban J connectivity index is 1.78. The molecule has 2 N–H and O–H groups in total. The third kappa shape index (κ3) is 4.03. The number of hydrogen-bond acceptors (Lipinski definition) is 5. The van der Waals surface area contributed by atoms with E-state index >= 15 is 0 Å². The van der Waals surface area contributed by atoms with Crippen molar-refractivity contribution in [3.8, 4) is 11.5 Å². The molecule has 1 heterocycles. The average Bonchev–Trinajstić information content (AvgIpc) is 2.90. The Morgan fingerprint density at radius 2 is 2.16 bits per heavy atom. The molecule has 1 aromatic rings. The maximum atomic E-state index is 10.1. The normalized spacial score (nSPS) is 16.4. The Hall–Kier alpha value is -0.910. The van der Waals surface area contributed by atoms with Crippen LogP contribution in [0.15, 0.2) is 18.2 Å². The lowest BCUT2D eigenvalue weighted by Crippen LogP contribution is -2.24. The number of rotatable bonds is 7. The molecule has 0 spiro atoms. The van der Waals surface area contributed by atoms with Crippen molar-refractivity contribution in [1.29, 1.82) is 0 Å². The molecule has 0 bridgehead atoms. The van der Waals surface area contributed by atoms with Gasteiger partial charge in [0.05, 0.1) is 6.10 Å². The van der Waals surface area contributed by atoms with Crippen LogP contribution in [0.5, 0.6) is 11.5 Å². The average molecular weight is 283 g/mol. The number of aliphatic hydroxyl groups excluding tert-OH is 1. The number of hydrogen-bond donors (Lipinski definition) is 2. The molecule has 5 heteroatoms. The van der Waals surface area contributed by atoms with E-state index in [1.54, 1.807) is 0 Å². The van der Waals surface area contributed by atoms with E-state index in [1.165, 1.54) is 0 Å². The first-order valence-electron chi connectivity index (χ1n) is 6.52. The second kappa shape index (κ2) is 7.03. The zero-order valence-corrected chi connectivity index (χ0v) is 12.2. The van der Waals surface area contributed by atoms with Gasteiger partial charge in [-0.3, -0.25) is 0 Å². The lowest BCUT2D eigenvalue weighted by molar-refractivity contribution is 0.170. The standard InChI is InChI=1S/C14H21NO3S/c1-10(19-2)5-6-15-8-12(16)11-3-4-13-14(7-11)18-9-17-13/h3-4,7,10,12,15-16H,5-6,8-9H2,1-2H3. The van der Waals surface area contributed by atoms with E-state index < -0.39 is 6.10 Å². The van der Waals surface area contributed by atoms with E-state index in [4.69, 9.17) is 9.47 Å². The minimum Gasteiger partial charge on any atom is -0.454 e. The molecule has 0 amide bonds. The van der Waals surface area contributed by atoms with Crippen LogP contribution in [0.25, 0.3) is 0 Å². The highest BCUT2D eigenvalue weighted by molar-refractivity contribution is 7.99. The van der Waals surface area contributed by atoms with Crippen LogP contribution < -0.4 is 14.8 Å². The summed E-state index contributed by atoms with van der Waals surface area (Å²) >= 11 is 1.86. The zero-order valence-electron chi connectivity index (χ0n) is 11.4. The summed E-state index contributed by atoms with van der Waals surface area (Å²) in [6, 6.07) is 5.57. The molecule has 0 saturated carbocycles. The summed E-state index contributed by atoms with van der Waals surface area (Å²) < 4.78 is 10.6. The molecule has 2 unspecified atom stereocenters. The fraction of sp³-hybridized carbons (Fsp3) is 0.571. The van der Waals surface area contributed by atoms with Crippen molar-refractivity contribution < 1.29 is 14.6 Å². The second-order valence-electron chi connectivity index (χ2n) is 4.67. The molecule has 4 nitrogen and oxygen atoms in total. The largest absolute Gasteiger partial charge is 0.454 e. The highest BCUT2D eigenvalue weighted by Gasteiger charge is 2.16. The summed E-state index contributed by atoms with van der Waals surface area (Å²) in [6.07, 6.45) is 2.71. The monoisotopic (exact) mass is 283 g/mol. The molecule has 19 heavy (non-hydrogen) atoms. The first kappa shape index (κ1) is 14.5. The summed E-state index contributed by atoms with van der Waals surface area (Å²) in [5.74, 6) is 1.46. The van der Waals surface area contributed by atoms with Crippen LogP contribution in [0.4, 0.5) is 0 Å². The Bertz CT molecular complexity index is 414. The van der Waals surface area contributed by atoms with Gasteiger partial charge in [0.25, 0.3) is 0 Å². The maximum absolute atomic E-state index is 10.1. The van der Waals surface area contributed by atoms with Crippen molar-refractivity contribution in [2.75, 3.05) is 26.1 Å². The summed E-state index contributed by atoms with van der Waals surface area (Å²) in [7, 11) is 0. The van der Waals surface area contributed by atoms with Crippen molar-refractivity contribution >= 4 is 11.8 Å². The lowest BCUT2D eigenvalue weighted by atomic mass is 10.1. The third-order valence-corrected chi connectivity index (χ3v) is 4.29. The smallest absolute Gasteiger partial charge is 0.231 e. The van der Waals surface area contributed by atoms with Crippen molar-refractivity contribution in [1.82, 2.24) is 5.32 Å². The van der Waals surface area contributed by atoms with Gasteiger partial charge in [-0.2, -0.15) is 11.8 Å². The summed E-state index contributed by atoms with van der Waals surface area (Å²) in [6.45, 7) is 3.95. The van der Waals surface area contributed by atoms with Gasteiger partial charge in [0, 0.05) is 11.8 Å². The van der Waals surface area contributed by atoms with Crippen LogP contribution in [0.2, 0.25) is 0 Å². The Kier molecular flexibility index (Phi) is 5.36. The molecule has 0 saturated heterocycles. The van der Waals surface area contributed by atoms with Gasteiger partial charge >= 0.3 is 0 Å². The molecular weight excluding hydrogens is 262 g/mol. The van der Waals surface area contributed by atoms with Gasteiger partial charge < -0.3 is 19.9 Å². The first-order chi connectivity index (χ1) is 9.20. The number of ether oxygens (including phenoxy) is 2. The van der Waals surface area contributed by atoms with Crippen molar-refractivity contribution in [2.45, 2.75) is 24.7 Å². The van der Waals surface area contributed by atoms with Crippen LogP contribution in [0, 0.1) is 0 Å². The molecular formula is C14H21NO3S. The van der Waals surface area contributed by atoms with E-state index in [9.17, 15) is 5.11 Å². The molecule has 2 atom stereocenters. The molecule has 0 aliphatic carbocycles. The van der Waals surface area contributed by atoms with Crippen LogP contribution in [0.3, 0.4) is 0 Å². The maximum Gasteiger partial charge on any atom is 0.231 e. The Morgan fingerprint density at radius 3 is 2.95 bits per heavy atom. The van der Waals surface area contributed by atoms with E-state index in [-0.39, 0.29) is 6.79 Å². The van der Waals surface area contributed by atoms with E-state index in [1.807, 2.05) is 30.0 Å². The van der Waals surface area contributed by atoms with Gasteiger partial charge in [-0.15, -0.1) is 0 Å². The fourth-order valence-electron chi connectivity index (χ4n) is 1.90.